The average Bonchev–Trinajstić information content (AvgIpc) is 2.23. The first-order chi connectivity index (χ1) is 7.19. The molecule has 1 aromatic carbocycles. The molecule has 0 aliphatic heterocycles. The zero-order chi connectivity index (χ0) is 11.3. The van der Waals surface area contributed by atoms with Gasteiger partial charge in [-0.1, -0.05) is 19.1 Å². The molecule has 0 aliphatic carbocycles. The third-order valence-electron chi connectivity index (χ3n) is 2.53. The Morgan fingerprint density at radius 3 is 2.60 bits per heavy atom. The Hall–Kier alpha value is -1.09. The minimum atomic E-state index is -0.310. The quantitative estimate of drug-likeness (QED) is 0.808. The van der Waals surface area contributed by atoms with E-state index in [-0.39, 0.29) is 18.0 Å². The molecule has 0 bridgehead atoms. The van der Waals surface area contributed by atoms with Gasteiger partial charge < -0.3 is 10.1 Å². The minimum absolute atomic E-state index is 0.0445. The number of halogens is 1. The summed E-state index contributed by atoms with van der Waals surface area (Å²) in [5.41, 5.74) is 0. The van der Waals surface area contributed by atoms with Crippen molar-refractivity contribution in [3.05, 3.63) is 30.1 Å². The Bertz CT molecular complexity index is 299. The summed E-state index contributed by atoms with van der Waals surface area (Å²) in [6, 6.07) is 6.72. The number of likely N-dealkylation sites (N-methyl/N-ethyl adjacent to an activating group) is 1. The van der Waals surface area contributed by atoms with Crippen LogP contribution < -0.4 is 10.1 Å². The molecule has 0 amide bonds. The molecule has 1 aromatic rings. The molecule has 15 heavy (non-hydrogen) atoms. The molecule has 2 atom stereocenters. The molecule has 0 aliphatic rings. The molecule has 84 valence electrons. The van der Waals surface area contributed by atoms with Gasteiger partial charge in [-0.05, 0) is 32.5 Å². The van der Waals surface area contributed by atoms with Gasteiger partial charge in [0.05, 0.1) is 0 Å². The number of para-hydroxylation sites is 1. The van der Waals surface area contributed by atoms with Crippen molar-refractivity contribution in [2.75, 3.05) is 7.05 Å². The van der Waals surface area contributed by atoms with E-state index < -0.39 is 0 Å². The first kappa shape index (κ1) is 12.0. The largest absolute Gasteiger partial charge is 0.486 e. The van der Waals surface area contributed by atoms with Gasteiger partial charge in [0.1, 0.15) is 6.10 Å². The van der Waals surface area contributed by atoms with Crippen LogP contribution in [0.3, 0.4) is 0 Å². The van der Waals surface area contributed by atoms with Crippen LogP contribution in [0.5, 0.6) is 5.75 Å². The smallest absolute Gasteiger partial charge is 0.165 e. The van der Waals surface area contributed by atoms with E-state index in [0.29, 0.717) is 5.75 Å². The monoisotopic (exact) mass is 211 g/mol. The predicted molar refractivity (Wildman–Crippen MR) is 59.6 cm³/mol. The summed E-state index contributed by atoms with van der Waals surface area (Å²) >= 11 is 0. The van der Waals surface area contributed by atoms with Gasteiger partial charge in [-0.15, -0.1) is 0 Å². The van der Waals surface area contributed by atoms with Crippen molar-refractivity contribution >= 4 is 0 Å². The van der Waals surface area contributed by atoms with Gasteiger partial charge in [0.25, 0.3) is 0 Å². The van der Waals surface area contributed by atoms with Gasteiger partial charge in [-0.25, -0.2) is 4.39 Å². The summed E-state index contributed by atoms with van der Waals surface area (Å²) in [6.45, 7) is 4.01. The lowest BCUT2D eigenvalue weighted by Crippen LogP contribution is -2.38. The molecule has 1 N–H and O–H groups in total. The molecule has 2 unspecified atom stereocenters. The predicted octanol–water partition coefficient (Wildman–Crippen LogP) is 2.59. The lowest BCUT2D eigenvalue weighted by molar-refractivity contribution is 0.165. The Kier molecular flexibility index (Phi) is 4.56. The van der Waals surface area contributed by atoms with Gasteiger partial charge in [0.15, 0.2) is 11.6 Å². The lowest BCUT2D eigenvalue weighted by Gasteiger charge is -2.23. The fraction of sp³-hybridized carbons (Fsp3) is 0.500. The van der Waals surface area contributed by atoms with Crippen LogP contribution in [0.2, 0.25) is 0 Å². The van der Waals surface area contributed by atoms with Crippen LogP contribution >= 0.6 is 0 Å². The van der Waals surface area contributed by atoms with E-state index in [1.54, 1.807) is 18.2 Å². The standard InChI is InChI=1S/C12H18FNO/c1-4-11(14-3)9(2)15-12-8-6-5-7-10(12)13/h5-9,11,14H,4H2,1-3H3. The SMILES string of the molecule is CCC(NC)C(C)Oc1ccccc1F. The van der Waals surface area contributed by atoms with Crippen LogP contribution in [0.15, 0.2) is 24.3 Å². The second kappa shape index (κ2) is 5.71. The van der Waals surface area contributed by atoms with Crippen molar-refractivity contribution in [2.45, 2.75) is 32.4 Å². The van der Waals surface area contributed by atoms with Crippen LogP contribution in [0, 0.1) is 5.82 Å². The van der Waals surface area contributed by atoms with E-state index in [4.69, 9.17) is 4.74 Å². The van der Waals surface area contributed by atoms with Gasteiger partial charge in [0.2, 0.25) is 0 Å². The molecule has 0 fully saturated rings. The van der Waals surface area contributed by atoms with Gasteiger partial charge in [0, 0.05) is 6.04 Å². The van der Waals surface area contributed by atoms with Crippen molar-refractivity contribution < 1.29 is 9.13 Å². The molecule has 0 spiro atoms. The molecule has 0 heterocycles. The molecule has 1 rings (SSSR count). The van der Waals surface area contributed by atoms with Gasteiger partial charge in [-0.2, -0.15) is 0 Å². The third kappa shape index (κ3) is 3.20. The molecule has 3 heteroatoms. The van der Waals surface area contributed by atoms with Crippen LogP contribution in [0.25, 0.3) is 0 Å². The fourth-order valence-corrected chi connectivity index (χ4v) is 1.59. The molecular formula is C12H18FNO. The van der Waals surface area contributed by atoms with Crippen molar-refractivity contribution in [3.8, 4) is 5.75 Å². The number of hydrogen-bond donors (Lipinski definition) is 1. The number of rotatable bonds is 5. The van der Waals surface area contributed by atoms with Crippen LogP contribution in [-0.2, 0) is 0 Å². The fourth-order valence-electron chi connectivity index (χ4n) is 1.59. The van der Waals surface area contributed by atoms with E-state index in [1.165, 1.54) is 6.07 Å². The van der Waals surface area contributed by atoms with E-state index >= 15 is 0 Å². The highest BCUT2D eigenvalue weighted by molar-refractivity contribution is 5.23. The van der Waals surface area contributed by atoms with E-state index in [2.05, 4.69) is 12.2 Å². The summed E-state index contributed by atoms with van der Waals surface area (Å²) in [4.78, 5) is 0. The van der Waals surface area contributed by atoms with Gasteiger partial charge >= 0.3 is 0 Å². The number of hydrogen-bond acceptors (Lipinski definition) is 2. The van der Waals surface area contributed by atoms with Crippen LogP contribution in [0.1, 0.15) is 20.3 Å². The molecule has 0 radical (unpaired) electrons. The average molecular weight is 211 g/mol. The highest BCUT2D eigenvalue weighted by Gasteiger charge is 2.16. The maximum Gasteiger partial charge on any atom is 0.165 e. The Morgan fingerprint density at radius 1 is 1.40 bits per heavy atom. The zero-order valence-electron chi connectivity index (χ0n) is 9.46. The van der Waals surface area contributed by atoms with E-state index in [9.17, 15) is 4.39 Å². The second-order valence-corrected chi connectivity index (χ2v) is 3.56. The first-order valence-electron chi connectivity index (χ1n) is 5.27. The highest BCUT2D eigenvalue weighted by atomic mass is 19.1. The normalized spacial score (nSPS) is 14.7. The molecule has 2 nitrogen and oxygen atoms in total. The maximum absolute atomic E-state index is 13.3. The van der Waals surface area contributed by atoms with Crippen molar-refractivity contribution in [3.63, 3.8) is 0 Å². The van der Waals surface area contributed by atoms with Crippen molar-refractivity contribution in [2.24, 2.45) is 0 Å². The molecular weight excluding hydrogens is 193 g/mol. The van der Waals surface area contributed by atoms with Crippen LogP contribution in [0.4, 0.5) is 4.39 Å². The van der Waals surface area contributed by atoms with Gasteiger partial charge in [-0.3, -0.25) is 0 Å². The number of ether oxygens (including phenoxy) is 1. The van der Waals surface area contributed by atoms with Crippen LogP contribution in [-0.4, -0.2) is 19.2 Å². The first-order valence-corrected chi connectivity index (χ1v) is 5.27. The summed E-state index contributed by atoms with van der Waals surface area (Å²) in [5, 5.41) is 3.14. The minimum Gasteiger partial charge on any atom is -0.486 e. The van der Waals surface area contributed by atoms with E-state index in [0.717, 1.165) is 6.42 Å². The summed E-state index contributed by atoms with van der Waals surface area (Å²) < 4.78 is 18.8. The Balaban J connectivity index is 2.65. The van der Waals surface area contributed by atoms with Crippen molar-refractivity contribution in [1.29, 1.82) is 0 Å². The van der Waals surface area contributed by atoms with E-state index in [1.807, 2.05) is 14.0 Å². The molecule has 0 saturated heterocycles. The lowest BCUT2D eigenvalue weighted by atomic mass is 10.1. The number of nitrogens with one attached hydrogen (secondary N) is 1. The number of benzene rings is 1. The topological polar surface area (TPSA) is 21.3 Å². The molecule has 0 aromatic heterocycles. The summed E-state index contributed by atoms with van der Waals surface area (Å²) in [6.07, 6.45) is 0.906. The van der Waals surface area contributed by atoms with Crippen molar-refractivity contribution in [1.82, 2.24) is 5.32 Å². The summed E-state index contributed by atoms with van der Waals surface area (Å²) in [5.74, 6) is 0.00834. The molecule has 0 saturated carbocycles. The second-order valence-electron chi connectivity index (χ2n) is 3.56. The Morgan fingerprint density at radius 2 is 2.07 bits per heavy atom. The highest BCUT2D eigenvalue weighted by Crippen LogP contribution is 2.18. The third-order valence-corrected chi connectivity index (χ3v) is 2.53. The zero-order valence-corrected chi connectivity index (χ0v) is 9.46. The maximum atomic E-state index is 13.3. The summed E-state index contributed by atoms with van der Waals surface area (Å²) in [7, 11) is 1.88. The Labute approximate surface area is 90.4 Å².